The van der Waals surface area contributed by atoms with Crippen LogP contribution in [0.4, 0.5) is 5.82 Å². The number of nitrogens with zero attached hydrogens (tertiary/aromatic N) is 2. The van der Waals surface area contributed by atoms with E-state index in [9.17, 15) is 0 Å². The van der Waals surface area contributed by atoms with E-state index in [0.717, 1.165) is 11.4 Å². The normalized spacial score (nSPS) is 12.2. The number of likely N-dealkylation sites (N-methyl/N-ethyl adjacent to an activating group) is 1. The molecule has 1 atom stereocenters. The summed E-state index contributed by atoms with van der Waals surface area (Å²) in [5, 5.41) is 9.00. The minimum absolute atomic E-state index is 0.0354. The molecule has 0 aliphatic carbocycles. The summed E-state index contributed by atoms with van der Waals surface area (Å²) in [6.07, 6.45) is 1.64. The van der Waals surface area contributed by atoms with Gasteiger partial charge in [0.05, 0.1) is 12.6 Å². The zero-order valence-corrected chi connectivity index (χ0v) is 9.66. The molecule has 1 aromatic rings. The summed E-state index contributed by atoms with van der Waals surface area (Å²) in [6.45, 7) is 2.01. The lowest BCUT2D eigenvalue weighted by Crippen LogP contribution is -2.32. The number of hydrogen-bond acceptors (Lipinski definition) is 4. The molecule has 0 fully saturated rings. The number of anilines is 1. The average Bonchev–Trinajstić information content (AvgIpc) is 2.27. The summed E-state index contributed by atoms with van der Waals surface area (Å²) in [6, 6.07) is 3.69. The van der Waals surface area contributed by atoms with Gasteiger partial charge in [-0.15, -0.1) is 0 Å². The maximum atomic E-state index is 9.00. The molecule has 0 bridgehead atoms. The van der Waals surface area contributed by atoms with Gasteiger partial charge in [0.2, 0.25) is 0 Å². The van der Waals surface area contributed by atoms with Crippen LogP contribution in [0, 0.1) is 0 Å². The van der Waals surface area contributed by atoms with Crippen LogP contribution in [-0.4, -0.2) is 34.8 Å². The van der Waals surface area contributed by atoms with Crippen LogP contribution in [-0.2, 0) is 0 Å². The van der Waals surface area contributed by atoms with Gasteiger partial charge < -0.3 is 15.7 Å². The van der Waals surface area contributed by atoms with Gasteiger partial charge in [0.25, 0.3) is 0 Å². The van der Waals surface area contributed by atoms with Crippen LogP contribution in [0.5, 0.6) is 0 Å². The second kappa shape index (κ2) is 5.04. The maximum absolute atomic E-state index is 9.00. The molecular formula is C10H15N3OS. The Balaban J connectivity index is 2.84. The molecule has 0 aromatic carbocycles. The van der Waals surface area contributed by atoms with Crippen molar-refractivity contribution in [1.82, 2.24) is 4.98 Å². The number of thiocarbonyl (C=S) groups is 1. The van der Waals surface area contributed by atoms with E-state index in [2.05, 4.69) is 4.98 Å². The van der Waals surface area contributed by atoms with E-state index >= 15 is 0 Å². The van der Waals surface area contributed by atoms with Gasteiger partial charge in [0, 0.05) is 18.8 Å². The van der Waals surface area contributed by atoms with Gasteiger partial charge in [-0.25, -0.2) is 4.98 Å². The van der Waals surface area contributed by atoms with E-state index in [0.29, 0.717) is 4.99 Å². The summed E-state index contributed by atoms with van der Waals surface area (Å²) in [5.74, 6) is 0.788. The highest BCUT2D eigenvalue weighted by Gasteiger charge is 2.09. The van der Waals surface area contributed by atoms with Crippen molar-refractivity contribution in [2.45, 2.75) is 13.0 Å². The Morgan fingerprint density at radius 2 is 2.33 bits per heavy atom. The first kappa shape index (κ1) is 11.9. The van der Waals surface area contributed by atoms with E-state index < -0.39 is 0 Å². The van der Waals surface area contributed by atoms with E-state index in [1.165, 1.54) is 0 Å². The summed E-state index contributed by atoms with van der Waals surface area (Å²) in [4.78, 5) is 6.45. The Kier molecular flexibility index (Phi) is 3.99. The number of pyridine rings is 1. The lowest BCUT2D eigenvalue weighted by atomic mass is 10.2. The Bertz CT molecular complexity index is 339. The summed E-state index contributed by atoms with van der Waals surface area (Å²) >= 11 is 4.83. The predicted molar refractivity (Wildman–Crippen MR) is 65.1 cm³/mol. The number of nitrogens with two attached hydrogens (primary N) is 1. The molecule has 0 saturated carbocycles. The molecule has 1 aromatic heterocycles. The summed E-state index contributed by atoms with van der Waals surface area (Å²) in [5.41, 5.74) is 6.21. The van der Waals surface area contributed by atoms with Crippen molar-refractivity contribution in [1.29, 1.82) is 0 Å². The van der Waals surface area contributed by atoms with Crippen molar-refractivity contribution in [3.8, 4) is 0 Å². The molecule has 1 unspecified atom stereocenters. The molecule has 15 heavy (non-hydrogen) atoms. The van der Waals surface area contributed by atoms with Crippen molar-refractivity contribution in [2.75, 3.05) is 18.6 Å². The molecule has 0 saturated heterocycles. The standard InChI is InChI=1S/C10H15N3OS/c1-7(6-14)13(2)9-4-3-8(5-12-9)10(11)15/h3-5,7,14H,6H2,1-2H3,(H2,11,15). The Morgan fingerprint density at radius 1 is 1.67 bits per heavy atom. The zero-order valence-electron chi connectivity index (χ0n) is 8.84. The molecule has 3 N–H and O–H groups in total. The van der Waals surface area contributed by atoms with Crippen LogP contribution in [0.3, 0.4) is 0 Å². The maximum Gasteiger partial charge on any atom is 0.128 e. The highest BCUT2D eigenvalue weighted by Crippen LogP contribution is 2.12. The van der Waals surface area contributed by atoms with Gasteiger partial charge in [-0.1, -0.05) is 12.2 Å². The van der Waals surface area contributed by atoms with Gasteiger partial charge in [0.15, 0.2) is 0 Å². The van der Waals surface area contributed by atoms with Crippen LogP contribution in [0.25, 0.3) is 0 Å². The third kappa shape index (κ3) is 2.87. The molecule has 0 spiro atoms. The Labute approximate surface area is 94.7 Å². The predicted octanol–water partition coefficient (Wildman–Crippen LogP) is 0.533. The number of hydrogen-bond donors (Lipinski definition) is 2. The minimum Gasteiger partial charge on any atom is -0.394 e. The third-order valence-electron chi connectivity index (χ3n) is 2.32. The Morgan fingerprint density at radius 3 is 2.73 bits per heavy atom. The van der Waals surface area contributed by atoms with Crippen molar-refractivity contribution in [2.24, 2.45) is 5.73 Å². The number of rotatable bonds is 4. The van der Waals surface area contributed by atoms with Crippen LogP contribution >= 0.6 is 12.2 Å². The number of aliphatic hydroxyl groups is 1. The molecule has 0 aliphatic rings. The van der Waals surface area contributed by atoms with Crippen molar-refractivity contribution in [3.05, 3.63) is 23.9 Å². The first-order valence-corrected chi connectivity index (χ1v) is 5.06. The fourth-order valence-corrected chi connectivity index (χ4v) is 1.21. The molecule has 0 amide bonds. The van der Waals surface area contributed by atoms with Crippen molar-refractivity contribution < 1.29 is 5.11 Å². The highest BCUT2D eigenvalue weighted by molar-refractivity contribution is 7.80. The van der Waals surface area contributed by atoms with Gasteiger partial charge >= 0.3 is 0 Å². The molecule has 82 valence electrons. The summed E-state index contributed by atoms with van der Waals surface area (Å²) in [7, 11) is 1.88. The molecule has 1 heterocycles. The van der Waals surface area contributed by atoms with Gasteiger partial charge in [-0.05, 0) is 19.1 Å². The average molecular weight is 225 g/mol. The zero-order chi connectivity index (χ0) is 11.4. The summed E-state index contributed by atoms with van der Waals surface area (Å²) < 4.78 is 0. The molecular weight excluding hydrogens is 210 g/mol. The smallest absolute Gasteiger partial charge is 0.128 e. The van der Waals surface area contributed by atoms with E-state index in [1.807, 2.05) is 31.0 Å². The molecule has 1 rings (SSSR count). The quantitative estimate of drug-likeness (QED) is 0.732. The van der Waals surface area contributed by atoms with E-state index in [1.54, 1.807) is 6.20 Å². The van der Waals surface area contributed by atoms with Crippen LogP contribution in [0.15, 0.2) is 18.3 Å². The lowest BCUT2D eigenvalue weighted by Gasteiger charge is -2.24. The molecule has 0 radical (unpaired) electrons. The van der Waals surface area contributed by atoms with Crippen LogP contribution < -0.4 is 10.6 Å². The van der Waals surface area contributed by atoms with Crippen LogP contribution in [0.2, 0.25) is 0 Å². The van der Waals surface area contributed by atoms with Crippen molar-refractivity contribution >= 4 is 23.0 Å². The van der Waals surface area contributed by atoms with Gasteiger partial charge in [0.1, 0.15) is 10.8 Å². The Hall–Kier alpha value is -1.20. The highest BCUT2D eigenvalue weighted by atomic mass is 32.1. The number of aromatic nitrogens is 1. The fraction of sp³-hybridized carbons (Fsp3) is 0.400. The monoisotopic (exact) mass is 225 g/mol. The van der Waals surface area contributed by atoms with E-state index in [4.69, 9.17) is 23.1 Å². The third-order valence-corrected chi connectivity index (χ3v) is 2.55. The first-order valence-electron chi connectivity index (χ1n) is 4.65. The molecule has 5 heteroatoms. The second-order valence-electron chi connectivity index (χ2n) is 3.41. The van der Waals surface area contributed by atoms with Gasteiger partial charge in [-0.2, -0.15) is 0 Å². The van der Waals surface area contributed by atoms with Crippen molar-refractivity contribution in [3.63, 3.8) is 0 Å². The first-order chi connectivity index (χ1) is 7.06. The SMILES string of the molecule is CC(CO)N(C)c1ccc(C(N)=S)cn1. The topological polar surface area (TPSA) is 62.4 Å². The lowest BCUT2D eigenvalue weighted by molar-refractivity contribution is 0.270. The van der Waals surface area contributed by atoms with E-state index in [-0.39, 0.29) is 12.6 Å². The molecule has 0 aliphatic heterocycles. The number of aliphatic hydroxyl groups excluding tert-OH is 1. The minimum atomic E-state index is 0.0354. The largest absolute Gasteiger partial charge is 0.394 e. The fourth-order valence-electron chi connectivity index (χ4n) is 1.09. The second-order valence-corrected chi connectivity index (χ2v) is 3.85. The van der Waals surface area contributed by atoms with Crippen LogP contribution in [0.1, 0.15) is 12.5 Å². The van der Waals surface area contributed by atoms with Gasteiger partial charge in [-0.3, -0.25) is 0 Å². The molecule has 4 nitrogen and oxygen atoms in total.